The second kappa shape index (κ2) is 10.6. The van der Waals surface area contributed by atoms with Gasteiger partial charge in [-0.1, -0.05) is 15.9 Å². The van der Waals surface area contributed by atoms with Gasteiger partial charge in [0, 0.05) is 4.47 Å². The Bertz CT molecular complexity index is 641. The minimum absolute atomic E-state index is 0.0332. The maximum absolute atomic E-state index is 13.5. The maximum Gasteiger partial charge on any atom is 0.404 e. The van der Waals surface area contributed by atoms with Crippen LogP contribution in [0.25, 0.3) is 0 Å². The molecule has 0 spiro atoms. The number of hydrogen-bond donors (Lipinski definition) is 1. The topological polar surface area (TPSA) is 55.6 Å². The number of rotatable bonds is 7. The van der Waals surface area contributed by atoms with E-state index < -0.39 is 6.09 Å². The third-order valence-corrected chi connectivity index (χ3v) is 7.16. The van der Waals surface area contributed by atoms with Crippen LogP contribution in [-0.4, -0.2) is 36.7 Å². The summed E-state index contributed by atoms with van der Waals surface area (Å²) in [5.74, 6) is 1.26. The number of halogens is 2. The summed E-state index contributed by atoms with van der Waals surface area (Å²) in [7, 11) is 0. The van der Waals surface area contributed by atoms with Gasteiger partial charge in [0.15, 0.2) is 0 Å². The summed E-state index contributed by atoms with van der Waals surface area (Å²) < 4.78 is 19.6. The zero-order valence-corrected chi connectivity index (χ0v) is 18.1. The number of carbonyl (C=O) groups is 1. The number of carbonyl (C=O) groups excluding carboxylic acids is 1. The SMILES string of the molecule is NC(=O)OC1CCC(CCCN2CCC(Cc3cc(F)ccc3Br)CC2)CC1. The summed E-state index contributed by atoms with van der Waals surface area (Å²) in [4.78, 5) is 13.4. The maximum atomic E-state index is 13.5. The number of ether oxygens (including phenoxy) is 1. The van der Waals surface area contributed by atoms with Gasteiger partial charge >= 0.3 is 6.09 Å². The molecule has 1 aliphatic carbocycles. The van der Waals surface area contributed by atoms with Crippen molar-refractivity contribution in [3.63, 3.8) is 0 Å². The van der Waals surface area contributed by atoms with E-state index in [-0.39, 0.29) is 11.9 Å². The molecule has 1 aromatic rings. The Labute approximate surface area is 176 Å². The molecule has 4 nitrogen and oxygen atoms in total. The van der Waals surface area contributed by atoms with Crippen LogP contribution in [0.4, 0.5) is 9.18 Å². The fourth-order valence-corrected chi connectivity index (χ4v) is 5.14. The first-order valence-electron chi connectivity index (χ1n) is 10.6. The highest BCUT2D eigenvalue weighted by Crippen LogP contribution is 2.30. The van der Waals surface area contributed by atoms with Crippen LogP contribution in [-0.2, 0) is 11.2 Å². The summed E-state index contributed by atoms with van der Waals surface area (Å²) in [6, 6.07) is 4.99. The van der Waals surface area contributed by atoms with E-state index in [2.05, 4.69) is 20.8 Å². The van der Waals surface area contributed by atoms with E-state index in [0.29, 0.717) is 5.92 Å². The lowest BCUT2D eigenvalue weighted by atomic mass is 9.84. The predicted octanol–water partition coefficient (Wildman–Crippen LogP) is 5.28. The lowest BCUT2D eigenvalue weighted by Gasteiger charge is -2.33. The molecule has 2 N–H and O–H groups in total. The Kier molecular flexibility index (Phi) is 8.15. The van der Waals surface area contributed by atoms with Crippen molar-refractivity contribution in [2.45, 2.75) is 63.9 Å². The normalized spacial score (nSPS) is 24.2. The van der Waals surface area contributed by atoms with E-state index in [4.69, 9.17) is 10.5 Å². The molecule has 0 unspecified atom stereocenters. The molecule has 2 aliphatic rings. The van der Waals surface area contributed by atoms with Crippen molar-refractivity contribution >= 4 is 22.0 Å². The zero-order valence-electron chi connectivity index (χ0n) is 16.5. The average molecular weight is 455 g/mol. The smallest absolute Gasteiger partial charge is 0.404 e. The Morgan fingerprint density at radius 2 is 1.86 bits per heavy atom. The third-order valence-electron chi connectivity index (χ3n) is 6.39. The van der Waals surface area contributed by atoms with Crippen molar-refractivity contribution < 1.29 is 13.9 Å². The second-order valence-corrected chi connectivity index (χ2v) is 9.30. The molecule has 156 valence electrons. The van der Waals surface area contributed by atoms with Crippen molar-refractivity contribution in [3.8, 4) is 0 Å². The number of primary amides is 1. The molecule has 1 saturated heterocycles. The van der Waals surface area contributed by atoms with Gasteiger partial charge in [-0.25, -0.2) is 9.18 Å². The monoisotopic (exact) mass is 454 g/mol. The molecule has 0 atom stereocenters. The van der Waals surface area contributed by atoms with Gasteiger partial charge in [-0.15, -0.1) is 0 Å². The molecule has 0 aromatic heterocycles. The molecule has 2 fully saturated rings. The Morgan fingerprint density at radius 3 is 2.54 bits per heavy atom. The van der Waals surface area contributed by atoms with Gasteiger partial charge < -0.3 is 15.4 Å². The lowest BCUT2D eigenvalue weighted by Crippen LogP contribution is -2.35. The fraction of sp³-hybridized carbons (Fsp3) is 0.682. The number of amides is 1. The van der Waals surface area contributed by atoms with Crippen LogP contribution in [0.15, 0.2) is 22.7 Å². The lowest BCUT2D eigenvalue weighted by molar-refractivity contribution is 0.0688. The predicted molar refractivity (Wildman–Crippen MR) is 113 cm³/mol. The largest absolute Gasteiger partial charge is 0.446 e. The number of hydrogen-bond acceptors (Lipinski definition) is 3. The molecule has 1 heterocycles. The summed E-state index contributed by atoms with van der Waals surface area (Å²) in [5, 5.41) is 0. The minimum atomic E-state index is -0.642. The Hall–Kier alpha value is -1.14. The summed E-state index contributed by atoms with van der Waals surface area (Å²) >= 11 is 3.55. The quantitative estimate of drug-likeness (QED) is 0.609. The molecular formula is C22H32BrFN2O2. The van der Waals surface area contributed by atoms with Crippen LogP contribution in [0.3, 0.4) is 0 Å². The van der Waals surface area contributed by atoms with Crippen molar-refractivity contribution in [2.75, 3.05) is 19.6 Å². The van der Waals surface area contributed by atoms with Crippen LogP contribution in [0.1, 0.15) is 56.9 Å². The van der Waals surface area contributed by atoms with Gasteiger partial charge in [0.1, 0.15) is 11.9 Å². The molecule has 1 saturated carbocycles. The zero-order chi connectivity index (χ0) is 19.9. The molecule has 3 rings (SSSR count). The van der Waals surface area contributed by atoms with Crippen LogP contribution in [0.5, 0.6) is 0 Å². The summed E-state index contributed by atoms with van der Waals surface area (Å²) in [6.45, 7) is 3.47. The number of benzene rings is 1. The van der Waals surface area contributed by atoms with E-state index in [1.807, 2.05) is 6.07 Å². The molecule has 0 radical (unpaired) electrons. The van der Waals surface area contributed by atoms with Gasteiger partial charge in [-0.05, 0) is 113 Å². The first-order chi connectivity index (χ1) is 13.5. The molecule has 1 aromatic carbocycles. The van der Waals surface area contributed by atoms with E-state index in [1.54, 1.807) is 6.07 Å². The van der Waals surface area contributed by atoms with Crippen LogP contribution >= 0.6 is 15.9 Å². The van der Waals surface area contributed by atoms with E-state index in [1.165, 1.54) is 38.3 Å². The molecule has 1 aliphatic heterocycles. The van der Waals surface area contributed by atoms with E-state index in [0.717, 1.165) is 61.1 Å². The van der Waals surface area contributed by atoms with Gasteiger partial charge in [0.25, 0.3) is 0 Å². The minimum Gasteiger partial charge on any atom is -0.446 e. The van der Waals surface area contributed by atoms with Gasteiger partial charge in [0.2, 0.25) is 0 Å². The first-order valence-corrected chi connectivity index (χ1v) is 11.4. The molecule has 1 amide bonds. The van der Waals surface area contributed by atoms with Gasteiger partial charge in [-0.3, -0.25) is 0 Å². The molecule has 0 bridgehead atoms. The van der Waals surface area contributed by atoms with E-state index >= 15 is 0 Å². The standard InChI is InChI=1S/C22H32BrFN2O2/c23-21-8-5-19(24)15-18(21)14-17-9-12-26(13-10-17)11-1-2-16-3-6-20(7-4-16)28-22(25)27/h5,8,15-17,20H,1-4,6-7,9-14H2,(H2,25,27). The van der Waals surface area contributed by atoms with Gasteiger partial charge in [-0.2, -0.15) is 0 Å². The van der Waals surface area contributed by atoms with Crippen LogP contribution in [0.2, 0.25) is 0 Å². The third kappa shape index (κ3) is 6.73. The summed E-state index contributed by atoms with van der Waals surface area (Å²) in [6.07, 6.45) is 9.43. The average Bonchev–Trinajstić information content (AvgIpc) is 2.67. The summed E-state index contributed by atoms with van der Waals surface area (Å²) in [5.41, 5.74) is 6.19. The molecule has 6 heteroatoms. The Morgan fingerprint density at radius 1 is 1.14 bits per heavy atom. The molecular weight excluding hydrogens is 423 g/mol. The second-order valence-electron chi connectivity index (χ2n) is 8.45. The Balaban J connectivity index is 1.30. The highest BCUT2D eigenvalue weighted by Gasteiger charge is 2.24. The highest BCUT2D eigenvalue weighted by atomic mass is 79.9. The van der Waals surface area contributed by atoms with E-state index in [9.17, 15) is 9.18 Å². The van der Waals surface area contributed by atoms with Crippen molar-refractivity contribution in [2.24, 2.45) is 17.6 Å². The molecule has 28 heavy (non-hydrogen) atoms. The van der Waals surface area contributed by atoms with Gasteiger partial charge in [0.05, 0.1) is 0 Å². The van der Waals surface area contributed by atoms with Crippen LogP contribution in [0, 0.1) is 17.7 Å². The number of nitrogens with two attached hydrogens (primary N) is 1. The van der Waals surface area contributed by atoms with Crippen LogP contribution < -0.4 is 5.73 Å². The number of nitrogens with zero attached hydrogens (tertiary/aromatic N) is 1. The van der Waals surface area contributed by atoms with Crippen molar-refractivity contribution in [3.05, 3.63) is 34.1 Å². The van der Waals surface area contributed by atoms with Crippen molar-refractivity contribution in [1.29, 1.82) is 0 Å². The highest BCUT2D eigenvalue weighted by molar-refractivity contribution is 9.10. The first kappa shape index (κ1) is 21.6. The van der Waals surface area contributed by atoms with Crippen molar-refractivity contribution in [1.82, 2.24) is 4.90 Å². The number of likely N-dealkylation sites (tertiary alicyclic amines) is 1. The fourth-order valence-electron chi connectivity index (χ4n) is 4.73. The number of piperidine rings is 1.